The highest BCUT2D eigenvalue weighted by Gasteiger charge is 2.07. The fourth-order valence-corrected chi connectivity index (χ4v) is 2.24. The smallest absolute Gasteiger partial charge is 0.211 e. The minimum absolute atomic E-state index is 0.0266. The van der Waals surface area contributed by atoms with Gasteiger partial charge in [-0.25, -0.2) is 0 Å². The zero-order valence-electron chi connectivity index (χ0n) is 13.8. The van der Waals surface area contributed by atoms with Crippen LogP contribution >= 0.6 is 0 Å². The summed E-state index contributed by atoms with van der Waals surface area (Å²) in [6, 6.07) is 8.24. The summed E-state index contributed by atoms with van der Waals surface area (Å²) in [6.07, 6.45) is 6.61. The molecule has 0 spiro atoms. The quantitative estimate of drug-likeness (QED) is 0.396. The first-order valence-corrected chi connectivity index (χ1v) is 8.09. The lowest BCUT2D eigenvalue weighted by Crippen LogP contribution is -2.26. The van der Waals surface area contributed by atoms with Crippen molar-refractivity contribution in [2.45, 2.75) is 46.1 Å². The average molecular weight is 303 g/mol. The van der Waals surface area contributed by atoms with E-state index in [4.69, 9.17) is 11.5 Å². The van der Waals surface area contributed by atoms with Crippen LogP contribution in [0.2, 0.25) is 0 Å². The Kier molecular flexibility index (Phi) is 8.91. The van der Waals surface area contributed by atoms with Gasteiger partial charge in [-0.05, 0) is 37.1 Å². The van der Waals surface area contributed by atoms with Crippen molar-refractivity contribution in [3.63, 3.8) is 0 Å². The van der Waals surface area contributed by atoms with E-state index in [0.717, 1.165) is 25.2 Å². The maximum atomic E-state index is 5.29. The van der Waals surface area contributed by atoms with Gasteiger partial charge in [0.15, 0.2) is 0 Å². The summed E-state index contributed by atoms with van der Waals surface area (Å²) in [7, 11) is 0. The predicted octanol–water partition coefficient (Wildman–Crippen LogP) is 2.70. The van der Waals surface area contributed by atoms with Gasteiger partial charge in [0.25, 0.3) is 0 Å². The Balaban J connectivity index is 2.79. The summed E-state index contributed by atoms with van der Waals surface area (Å²) in [4.78, 5) is 2.51. The van der Waals surface area contributed by atoms with E-state index in [9.17, 15) is 0 Å². The molecule has 5 heteroatoms. The van der Waals surface area contributed by atoms with Crippen LogP contribution in [0.4, 0.5) is 0 Å². The monoisotopic (exact) mass is 303 g/mol. The van der Waals surface area contributed by atoms with Crippen molar-refractivity contribution in [2.24, 2.45) is 21.7 Å². The molecule has 5 nitrogen and oxygen atoms in total. The summed E-state index contributed by atoms with van der Waals surface area (Å²) in [5.41, 5.74) is 12.9. The van der Waals surface area contributed by atoms with Gasteiger partial charge in [-0.3, -0.25) is 4.90 Å². The number of nitrogens with zero attached hydrogens (tertiary/aromatic N) is 3. The third-order valence-corrected chi connectivity index (χ3v) is 3.47. The summed E-state index contributed by atoms with van der Waals surface area (Å²) < 4.78 is 0. The summed E-state index contributed by atoms with van der Waals surface area (Å²) in [5, 5.41) is 7.60. The van der Waals surface area contributed by atoms with Crippen molar-refractivity contribution in [2.75, 3.05) is 13.1 Å². The van der Waals surface area contributed by atoms with Crippen LogP contribution < -0.4 is 11.5 Å². The van der Waals surface area contributed by atoms with Crippen LogP contribution in [-0.2, 0) is 6.54 Å². The third-order valence-electron chi connectivity index (χ3n) is 3.47. The first-order valence-electron chi connectivity index (χ1n) is 8.09. The third kappa shape index (κ3) is 7.22. The molecule has 0 saturated heterocycles. The molecule has 0 heterocycles. The second kappa shape index (κ2) is 10.8. The highest BCUT2D eigenvalue weighted by Crippen LogP contribution is 2.12. The molecule has 0 atom stereocenters. The van der Waals surface area contributed by atoms with Crippen molar-refractivity contribution in [3.05, 3.63) is 35.4 Å². The van der Waals surface area contributed by atoms with Gasteiger partial charge in [0.05, 0.1) is 6.21 Å². The maximum absolute atomic E-state index is 5.29. The molecule has 1 rings (SSSR count). The molecule has 0 fully saturated rings. The number of nitrogens with two attached hydrogens (primary N) is 2. The Labute approximate surface area is 134 Å². The van der Waals surface area contributed by atoms with Gasteiger partial charge < -0.3 is 11.5 Å². The van der Waals surface area contributed by atoms with E-state index in [1.807, 2.05) is 12.1 Å². The first-order chi connectivity index (χ1) is 10.7. The Morgan fingerprint density at radius 3 is 2.32 bits per heavy atom. The van der Waals surface area contributed by atoms with Gasteiger partial charge in [-0.1, -0.05) is 51.0 Å². The number of hydrogen-bond donors (Lipinski definition) is 2. The fraction of sp³-hybridized carbons (Fsp3) is 0.529. The molecule has 0 aromatic heterocycles. The highest BCUT2D eigenvalue weighted by atomic mass is 15.3. The summed E-state index contributed by atoms with van der Waals surface area (Å²) >= 11 is 0. The maximum Gasteiger partial charge on any atom is 0.211 e. The van der Waals surface area contributed by atoms with E-state index in [2.05, 4.69) is 41.1 Å². The van der Waals surface area contributed by atoms with E-state index in [0.29, 0.717) is 0 Å². The summed E-state index contributed by atoms with van der Waals surface area (Å²) in [6.45, 7) is 7.66. The molecule has 0 aliphatic carbocycles. The normalized spacial score (nSPS) is 11.2. The molecule has 0 saturated carbocycles. The summed E-state index contributed by atoms with van der Waals surface area (Å²) in [5.74, 6) is -0.0266. The minimum Gasteiger partial charge on any atom is -0.369 e. The van der Waals surface area contributed by atoms with Crippen molar-refractivity contribution in [1.82, 2.24) is 4.90 Å². The zero-order valence-corrected chi connectivity index (χ0v) is 13.8. The lowest BCUT2D eigenvalue weighted by atomic mass is 10.1. The van der Waals surface area contributed by atoms with E-state index in [-0.39, 0.29) is 5.96 Å². The van der Waals surface area contributed by atoms with Gasteiger partial charge in [-0.15, -0.1) is 5.10 Å². The van der Waals surface area contributed by atoms with Gasteiger partial charge in [0, 0.05) is 6.54 Å². The molecule has 0 amide bonds. The molecule has 1 aromatic rings. The van der Waals surface area contributed by atoms with E-state index in [1.165, 1.54) is 31.2 Å². The molecule has 0 radical (unpaired) electrons. The molecule has 122 valence electrons. The molecule has 0 aliphatic heterocycles. The van der Waals surface area contributed by atoms with Crippen LogP contribution in [0.1, 0.15) is 50.7 Å². The van der Waals surface area contributed by atoms with Gasteiger partial charge in [0.2, 0.25) is 5.96 Å². The van der Waals surface area contributed by atoms with Crippen molar-refractivity contribution >= 4 is 12.2 Å². The number of unbranched alkanes of at least 4 members (excludes halogenated alkanes) is 2. The van der Waals surface area contributed by atoms with Crippen molar-refractivity contribution in [1.29, 1.82) is 0 Å². The lowest BCUT2D eigenvalue weighted by Gasteiger charge is -2.22. The molecular weight excluding hydrogens is 274 g/mol. The van der Waals surface area contributed by atoms with Gasteiger partial charge in [-0.2, -0.15) is 5.10 Å². The number of benzene rings is 1. The largest absolute Gasteiger partial charge is 0.369 e. The van der Waals surface area contributed by atoms with Crippen LogP contribution in [0, 0.1) is 0 Å². The Hall–Kier alpha value is -1.88. The fourth-order valence-electron chi connectivity index (χ4n) is 2.24. The van der Waals surface area contributed by atoms with Crippen molar-refractivity contribution in [3.8, 4) is 0 Å². The Morgan fingerprint density at radius 1 is 1.09 bits per heavy atom. The molecule has 0 aliphatic rings. The number of rotatable bonds is 10. The van der Waals surface area contributed by atoms with E-state index < -0.39 is 0 Å². The Bertz CT molecular complexity index is 470. The number of hydrogen-bond acceptors (Lipinski definition) is 3. The second-order valence-electron chi connectivity index (χ2n) is 5.45. The molecule has 0 bridgehead atoms. The lowest BCUT2D eigenvalue weighted by molar-refractivity contribution is 0.257. The van der Waals surface area contributed by atoms with Crippen LogP contribution in [-0.4, -0.2) is 30.2 Å². The van der Waals surface area contributed by atoms with Gasteiger partial charge >= 0.3 is 0 Å². The van der Waals surface area contributed by atoms with Crippen LogP contribution in [0.25, 0.3) is 0 Å². The second-order valence-corrected chi connectivity index (χ2v) is 5.45. The molecule has 0 unspecified atom stereocenters. The standard InChI is InChI=1S/C17H29N5/c1-3-5-11-22(12-6-4-2)14-16-10-8-7-9-15(16)13-20-21-17(18)19/h7-10,13H,3-6,11-12,14H2,1-2H3,(H4,18,19,21). The predicted molar refractivity (Wildman–Crippen MR) is 94.9 cm³/mol. The molecular formula is C17H29N5. The molecule has 4 N–H and O–H groups in total. The average Bonchev–Trinajstić information content (AvgIpc) is 2.51. The zero-order chi connectivity index (χ0) is 16.2. The first kappa shape index (κ1) is 18.2. The van der Waals surface area contributed by atoms with Crippen LogP contribution in [0.3, 0.4) is 0 Å². The van der Waals surface area contributed by atoms with Crippen molar-refractivity contribution < 1.29 is 0 Å². The minimum atomic E-state index is -0.0266. The Morgan fingerprint density at radius 2 is 1.73 bits per heavy atom. The van der Waals surface area contributed by atoms with E-state index >= 15 is 0 Å². The topological polar surface area (TPSA) is 80.0 Å². The van der Waals surface area contributed by atoms with Crippen LogP contribution in [0.5, 0.6) is 0 Å². The molecule has 22 heavy (non-hydrogen) atoms. The molecule has 1 aromatic carbocycles. The van der Waals surface area contributed by atoms with E-state index in [1.54, 1.807) is 6.21 Å². The number of guanidine groups is 1. The SMILES string of the molecule is CCCCN(CCCC)Cc1ccccc1C=NN=C(N)N. The van der Waals surface area contributed by atoms with Gasteiger partial charge in [0.1, 0.15) is 0 Å². The highest BCUT2D eigenvalue weighted by molar-refractivity contribution is 5.83. The van der Waals surface area contributed by atoms with Crippen LogP contribution in [0.15, 0.2) is 34.5 Å².